The molecule has 1 aromatic rings. The van der Waals surface area contributed by atoms with Gasteiger partial charge in [0.1, 0.15) is 11.6 Å². The normalized spacial score (nSPS) is 11.5. The third kappa shape index (κ3) is 3.15. The second kappa shape index (κ2) is 4.56. The lowest BCUT2D eigenvalue weighted by molar-refractivity contribution is -0.119. The van der Waals surface area contributed by atoms with Crippen LogP contribution in [0.1, 0.15) is 39.2 Å². The van der Waals surface area contributed by atoms with Crippen LogP contribution in [-0.4, -0.2) is 5.78 Å². The largest absolute Gasteiger partial charge is 0.300 e. The Morgan fingerprint density at radius 1 is 1.27 bits per heavy atom. The predicted octanol–water partition coefficient (Wildman–Crippen LogP) is 3.47. The molecule has 0 radical (unpaired) electrons. The third-order valence-corrected chi connectivity index (χ3v) is 2.66. The van der Waals surface area contributed by atoms with Crippen molar-refractivity contribution < 1.29 is 9.18 Å². The van der Waals surface area contributed by atoms with Gasteiger partial charge in [0.25, 0.3) is 0 Å². The van der Waals surface area contributed by atoms with Gasteiger partial charge in [0, 0.05) is 12.8 Å². The van der Waals surface area contributed by atoms with Crippen LogP contribution in [0.15, 0.2) is 24.3 Å². The van der Waals surface area contributed by atoms with Crippen LogP contribution in [0.5, 0.6) is 0 Å². The van der Waals surface area contributed by atoms with E-state index in [1.807, 2.05) is 20.8 Å². The Morgan fingerprint density at radius 3 is 2.27 bits per heavy atom. The smallest absolute Gasteiger partial charge is 0.133 e. The van der Waals surface area contributed by atoms with Crippen molar-refractivity contribution in [1.82, 2.24) is 0 Å². The van der Waals surface area contributed by atoms with E-state index in [9.17, 15) is 9.18 Å². The van der Waals surface area contributed by atoms with Gasteiger partial charge in [0.2, 0.25) is 0 Å². The van der Waals surface area contributed by atoms with Gasteiger partial charge in [0.05, 0.1) is 0 Å². The van der Waals surface area contributed by atoms with Crippen molar-refractivity contribution in [3.63, 3.8) is 0 Å². The second-order valence-electron chi connectivity index (χ2n) is 4.46. The molecule has 0 aliphatic heterocycles. The Bertz CT molecular complexity index is 338. The van der Waals surface area contributed by atoms with Crippen molar-refractivity contribution in [2.24, 2.45) is 0 Å². The van der Waals surface area contributed by atoms with E-state index in [1.54, 1.807) is 12.1 Å². The lowest BCUT2D eigenvalue weighted by Gasteiger charge is -2.24. The number of carbonyl (C=O) groups excluding carboxylic acids is 1. The third-order valence-electron chi connectivity index (χ3n) is 2.66. The summed E-state index contributed by atoms with van der Waals surface area (Å²) < 4.78 is 12.7. The molecule has 0 unspecified atom stereocenters. The quantitative estimate of drug-likeness (QED) is 0.740. The van der Waals surface area contributed by atoms with Crippen LogP contribution in [0, 0.1) is 5.82 Å². The van der Waals surface area contributed by atoms with Crippen molar-refractivity contribution in [3.8, 4) is 0 Å². The Hall–Kier alpha value is -1.18. The molecule has 0 atom stereocenters. The SMILES string of the molecule is CCC(=O)CC(C)(C)c1ccc(F)cc1. The average molecular weight is 208 g/mol. The number of hydrogen-bond donors (Lipinski definition) is 0. The summed E-state index contributed by atoms with van der Waals surface area (Å²) in [6.07, 6.45) is 1.07. The molecule has 1 rings (SSSR count). The van der Waals surface area contributed by atoms with Crippen molar-refractivity contribution in [1.29, 1.82) is 0 Å². The maximum Gasteiger partial charge on any atom is 0.133 e. The minimum atomic E-state index is -0.239. The molecular formula is C13H17FO. The van der Waals surface area contributed by atoms with E-state index in [-0.39, 0.29) is 17.0 Å². The average Bonchev–Trinajstić information content (AvgIpc) is 2.17. The molecule has 1 nitrogen and oxygen atoms in total. The molecular weight excluding hydrogens is 191 g/mol. The zero-order valence-corrected chi connectivity index (χ0v) is 9.51. The highest BCUT2D eigenvalue weighted by atomic mass is 19.1. The maximum atomic E-state index is 12.7. The van der Waals surface area contributed by atoms with Gasteiger partial charge in [-0.05, 0) is 23.1 Å². The summed E-state index contributed by atoms with van der Waals surface area (Å²) in [6, 6.07) is 6.37. The van der Waals surface area contributed by atoms with E-state index in [1.165, 1.54) is 12.1 Å². The van der Waals surface area contributed by atoms with Crippen molar-refractivity contribution in [3.05, 3.63) is 35.6 Å². The maximum absolute atomic E-state index is 12.7. The summed E-state index contributed by atoms with van der Waals surface area (Å²) in [6.45, 7) is 5.88. The molecule has 0 spiro atoms. The van der Waals surface area contributed by atoms with Crippen LogP contribution in [0.4, 0.5) is 4.39 Å². The minimum absolute atomic E-state index is 0.208. The van der Waals surface area contributed by atoms with Gasteiger partial charge >= 0.3 is 0 Å². The van der Waals surface area contributed by atoms with Crippen LogP contribution in [-0.2, 0) is 10.2 Å². The van der Waals surface area contributed by atoms with Gasteiger partial charge in [-0.15, -0.1) is 0 Å². The summed E-state index contributed by atoms with van der Waals surface area (Å²) >= 11 is 0. The zero-order valence-electron chi connectivity index (χ0n) is 9.51. The number of ketones is 1. The molecule has 0 fully saturated rings. The molecule has 0 saturated heterocycles. The zero-order chi connectivity index (χ0) is 11.5. The monoisotopic (exact) mass is 208 g/mol. The first-order valence-electron chi connectivity index (χ1n) is 5.23. The summed E-state index contributed by atoms with van der Waals surface area (Å²) in [7, 11) is 0. The minimum Gasteiger partial charge on any atom is -0.300 e. The van der Waals surface area contributed by atoms with Crippen molar-refractivity contribution in [2.75, 3.05) is 0 Å². The summed E-state index contributed by atoms with van der Waals surface area (Å²) in [5.41, 5.74) is 0.798. The van der Waals surface area contributed by atoms with E-state index in [2.05, 4.69) is 0 Å². The Kier molecular flexibility index (Phi) is 3.61. The molecule has 2 heteroatoms. The fourth-order valence-corrected chi connectivity index (χ4v) is 1.62. The van der Waals surface area contributed by atoms with Gasteiger partial charge < -0.3 is 0 Å². The Balaban J connectivity index is 2.85. The van der Waals surface area contributed by atoms with E-state index in [4.69, 9.17) is 0 Å². The Labute approximate surface area is 90.3 Å². The highest BCUT2D eigenvalue weighted by Gasteiger charge is 2.23. The topological polar surface area (TPSA) is 17.1 Å². The van der Waals surface area contributed by atoms with Crippen molar-refractivity contribution >= 4 is 5.78 Å². The predicted molar refractivity (Wildman–Crippen MR) is 59.3 cm³/mol. The fraction of sp³-hybridized carbons (Fsp3) is 0.462. The molecule has 15 heavy (non-hydrogen) atoms. The molecule has 0 bridgehead atoms. The van der Waals surface area contributed by atoms with Gasteiger partial charge in [-0.1, -0.05) is 32.9 Å². The van der Waals surface area contributed by atoms with Crippen LogP contribution < -0.4 is 0 Å². The lowest BCUT2D eigenvalue weighted by atomic mass is 9.80. The van der Waals surface area contributed by atoms with E-state index in [0.29, 0.717) is 12.8 Å². The molecule has 1 aromatic carbocycles. The van der Waals surface area contributed by atoms with Gasteiger partial charge in [-0.3, -0.25) is 4.79 Å². The number of hydrogen-bond acceptors (Lipinski definition) is 1. The molecule has 0 heterocycles. The van der Waals surface area contributed by atoms with E-state index < -0.39 is 0 Å². The number of Topliss-reactive ketones (excluding diaryl/α,β-unsaturated/α-hetero) is 1. The van der Waals surface area contributed by atoms with Gasteiger partial charge in [0.15, 0.2) is 0 Å². The van der Waals surface area contributed by atoms with Crippen molar-refractivity contribution in [2.45, 2.75) is 39.0 Å². The number of benzene rings is 1. The molecule has 0 saturated carbocycles. The molecule has 0 aliphatic rings. The first kappa shape index (κ1) is 11.9. The van der Waals surface area contributed by atoms with Gasteiger partial charge in [-0.25, -0.2) is 4.39 Å². The van der Waals surface area contributed by atoms with Crippen LogP contribution in [0.2, 0.25) is 0 Å². The fourth-order valence-electron chi connectivity index (χ4n) is 1.62. The Morgan fingerprint density at radius 2 is 1.80 bits per heavy atom. The van der Waals surface area contributed by atoms with E-state index in [0.717, 1.165) is 5.56 Å². The number of halogens is 1. The summed E-state index contributed by atoms with van der Waals surface area (Å²) in [4.78, 5) is 11.4. The first-order valence-corrected chi connectivity index (χ1v) is 5.23. The summed E-state index contributed by atoms with van der Waals surface area (Å²) in [5.74, 6) is 0.000642. The lowest BCUT2D eigenvalue weighted by Crippen LogP contribution is -2.21. The first-order chi connectivity index (χ1) is 6.95. The number of rotatable bonds is 4. The highest BCUT2D eigenvalue weighted by molar-refractivity contribution is 5.79. The van der Waals surface area contributed by atoms with Gasteiger partial charge in [-0.2, -0.15) is 0 Å². The van der Waals surface area contributed by atoms with E-state index >= 15 is 0 Å². The van der Waals surface area contributed by atoms with Crippen LogP contribution in [0.25, 0.3) is 0 Å². The molecule has 0 amide bonds. The standard InChI is InChI=1S/C13H17FO/c1-4-12(15)9-13(2,3)10-5-7-11(14)8-6-10/h5-8H,4,9H2,1-3H3. The summed E-state index contributed by atoms with van der Waals surface area (Å²) in [5, 5.41) is 0. The molecule has 82 valence electrons. The van der Waals surface area contributed by atoms with Crippen LogP contribution >= 0.6 is 0 Å². The molecule has 0 aromatic heterocycles. The van der Waals surface area contributed by atoms with Crippen LogP contribution in [0.3, 0.4) is 0 Å². The highest BCUT2D eigenvalue weighted by Crippen LogP contribution is 2.27. The molecule has 0 aliphatic carbocycles. The molecule has 0 N–H and O–H groups in total. The number of carbonyl (C=O) groups is 1. The second-order valence-corrected chi connectivity index (χ2v) is 4.46.